The molecule has 0 aliphatic carbocycles. The zero-order chi connectivity index (χ0) is 19.7. The monoisotopic (exact) mass is 416 g/mol. The lowest BCUT2D eigenvalue weighted by atomic mass is 10.2. The highest BCUT2D eigenvalue weighted by Gasteiger charge is 2.31. The number of fused-ring (bicyclic) bond motifs is 1. The van der Waals surface area contributed by atoms with Crippen LogP contribution in [0.5, 0.6) is 0 Å². The molecule has 6 nitrogen and oxygen atoms in total. The van der Waals surface area contributed by atoms with Gasteiger partial charge in [-0.2, -0.15) is 0 Å². The highest BCUT2D eigenvalue weighted by Crippen LogP contribution is 2.25. The van der Waals surface area contributed by atoms with Gasteiger partial charge in [0.15, 0.2) is 0 Å². The Labute approximate surface area is 171 Å². The van der Waals surface area contributed by atoms with Gasteiger partial charge in [0.25, 0.3) is 5.56 Å². The van der Waals surface area contributed by atoms with Crippen LogP contribution in [0.4, 0.5) is 5.69 Å². The first-order valence-corrected chi connectivity index (χ1v) is 9.73. The Morgan fingerprint density at radius 3 is 2.75 bits per heavy atom. The number of pyridine rings is 1. The summed E-state index contributed by atoms with van der Waals surface area (Å²) in [5, 5.41) is 3.82. The van der Waals surface area contributed by atoms with E-state index in [4.69, 9.17) is 23.2 Å². The summed E-state index contributed by atoms with van der Waals surface area (Å²) in [6.07, 6.45) is 3.34. The van der Waals surface area contributed by atoms with Gasteiger partial charge >= 0.3 is 0 Å². The molecule has 1 aliphatic heterocycles. The van der Waals surface area contributed by atoms with Crippen molar-refractivity contribution in [3.05, 3.63) is 74.8 Å². The van der Waals surface area contributed by atoms with Crippen LogP contribution in [-0.4, -0.2) is 32.8 Å². The van der Waals surface area contributed by atoms with Gasteiger partial charge in [-0.15, -0.1) is 0 Å². The molecule has 0 saturated carbocycles. The molecule has 1 amide bonds. The Bertz CT molecular complexity index is 1080. The first-order chi connectivity index (χ1) is 13.5. The standard InChI is InChI=1S/C20H18Cl2N4O2/c21-13-8-14(22)10-15(9-13)24-20(28)17-4-3-6-25(17)12-16-11-19(27)26-7-2-1-5-18(26)23-16/h1-2,5,7-11,17H,3-4,6,12H2,(H,24,28)/t17-/m1/s1. The number of carbonyl (C=O) groups excluding carboxylic acids is 1. The predicted molar refractivity (Wildman–Crippen MR) is 110 cm³/mol. The van der Waals surface area contributed by atoms with Crippen molar-refractivity contribution in [2.45, 2.75) is 25.4 Å². The second-order valence-electron chi connectivity index (χ2n) is 6.79. The van der Waals surface area contributed by atoms with Gasteiger partial charge in [-0.1, -0.05) is 29.3 Å². The fourth-order valence-corrected chi connectivity index (χ4v) is 4.08. The largest absolute Gasteiger partial charge is 0.325 e. The summed E-state index contributed by atoms with van der Waals surface area (Å²) in [7, 11) is 0. The van der Waals surface area contributed by atoms with Crippen LogP contribution in [0.1, 0.15) is 18.5 Å². The molecule has 8 heteroatoms. The Kier molecular flexibility index (Phi) is 5.35. The normalized spacial score (nSPS) is 17.1. The van der Waals surface area contributed by atoms with Gasteiger partial charge in [0, 0.05) is 34.5 Å². The van der Waals surface area contributed by atoms with Crippen molar-refractivity contribution in [1.82, 2.24) is 14.3 Å². The smallest absolute Gasteiger partial charge is 0.258 e. The minimum atomic E-state index is -0.297. The molecule has 4 rings (SSSR count). The third-order valence-electron chi connectivity index (χ3n) is 4.79. The summed E-state index contributed by atoms with van der Waals surface area (Å²) < 4.78 is 1.50. The predicted octanol–water partition coefficient (Wildman–Crippen LogP) is 3.60. The molecule has 144 valence electrons. The molecule has 1 fully saturated rings. The van der Waals surface area contributed by atoms with Crippen LogP contribution < -0.4 is 10.9 Å². The lowest BCUT2D eigenvalue weighted by Crippen LogP contribution is -2.39. The molecule has 3 aromatic rings. The van der Waals surface area contributed by atoms with Gasteiger partial charge in [-0.05, 0) is 49.7 Å². The SMILES string of the molecule is O=C(Nc1cc(Cl)cc(Cl)c1)[C@H]1CCCN1Cc1cc(=O)n2ccccc2n1. The summed E-state index contributed by atoms with van der Waals surface area (Å²) in [5.41, 5.74) is 1.69. The Balaban J connectivity index is 1.52. The molecule has 2 aromatic heterocycles. The highest BCUT2D eigenvalue weighted by molar-refractivity contribution is 6.35. The average molecular weight is 417 g/mol. The van der Waals surface area contributed by atoms with Gasteiger partial charge in [0.05, 0.1) is 11.7 Å². The maximum absolute atomic E-state index is 12.8. The number of nitrogens with one attached hydrogen (secondary N) is 1. The zero-order valence-electron chi connectivity index (χ0n) is 14.9. The Hall–Kier alpha value is -2.41. The van der Waals surface area contributed by atoms with Crippen LogP contribution in [-0.2, 0) is 11.3 Å². The number of carbonyl (C=O) groups is 1. The number of likely N-dealkylation sites (tertiary alicyclic amines) is 1. The fourth-order valence-electron chi connectivity index (χ4n) is 3.56. The van der Waals surface area contributed by atoms with Crippen molar-refractivity contribution in [2.24, 2.45) is 0 Å². The van der Waals surface area contributed by atoms with Crippen LogP contribution in [0.25, 0.3) is 5.65 Å². The average Bonchev–Trinajstić information content (AvgIpc) is 3.09. The third kappa shape index (κ3) is 4.04. The van der Waals surface area contributed by atoms with Gasteiger partial charge in [0.2, 0.25) is 5.91 Å². The van der Waals surface area contributed by atoms with Crippen molar-refractivity contribution < 1.29 is 4.79 Å². The van der Waals surface area contributed by atoms with Crippen molar-refractivity contribution in [3.8, 4) is 0 Å². The van der Waals surface area contributed by atoms with E-state index in [1.54, 1.807) is 36.5 Å². The van der Waals surface area contributed by atoms with Crippen LogP contribution in [0.15, 0.2) is 53.5 Å². The summed E-state index contributed by atoms with van der Waals surface area (Å²) in [6.45, 7) is 1.21. The van der Waals surface area contributed by atoms with Crippen LogP contribution in [0.2, 0.25) is 10.0 Å². The number of rotatable bonds is 4. The summed E-state index contributed by atoms with van der Waals surface area (Å²) in [5.74, 6) is -0.117. The highest BCUT2D eigenvalue weighted by atomic mass is 35.5. The van der Waals surface area contributed by atoms with Crippen LogP contribution in [0.3, 0.4) is 0 Å². The number of hydrogen-bond acceptors (Lipinski definition) is 4. The molecule has 0 unspecified atom stereocenters. The number of aromatic nitrogens is 2. The summed E-state index contributed by atoms with van der Waals surface area (Å²) >= 11 is 12.0. The molecule has 3 heterocycles. The third-order valence-corrected chi connectivity index (χ3v) is 5.22. The molecule has 1 saturated heterocycles. The minimum Gasteiger partial charge on any atom is -0.325 e. The van der Waals surface area contributed by atoms with Crippen molar-refractivity contribution in [3.63, 3.8) is 0 Å². The quantitative estimate of drug-likeness (QED) is 0.705. The first-order valence-electron chi connectivity index (χ1n) is 8.98. The van der Waals surface area contributed by atoms with E-state index < -0.39 is 0 Å². The van der Waals surface area contributed by atoms with Crippen LogP contribution in [0, 0.1) is 0 Å². The second kappa shape index (κ2) is 7.91. The Morgan fingerprint density at radius 2 is 1.96 bits per heavy atom. The van der Waals surface area contributed by atoms with E-state index in [-0.39, 0.29) is 17.5 Å². The van der Waals surface area contributed by atoms with Gasteiger partial charge < -0.3 is 5.32 Å². The zero-order valence-corrected chi connectivity index (χ0v) is 16.5. The lowest BCUT2D eigenvalue weighted by molar-refractivity contribution is -0.120. The van der Waals surface area contributed by atoms with E-state index in [9.17, 15) is 9.59 Å². The molecule has 1 atom stereocenters. The van der Waals surface area contributed by atoms with E-state index in [0.717, 1.165) is 19.4 Å². The number of anilines is 1. The number of nitrogens with zero attached hydrogens (tertiary/aromatic N) is 3. The molecule has 1 N–H and O–H groups in total. The number of halogens is 2. The maximum Gasteiger partial charge on any atom is 0.258 e. The topological polar surface area (TPSA) is 66.7 Å². The van der Waals surface area contributed by atoms with E-state index in [0.29, 0.717) is 33.6 Å². The fraction of sp³-hybridized carbons (Fsp3) is 0.250. The number of hydrogen-bond donors (Lipinski definition) is 1. The van der Waals surface area contributed by atoms with Gasteiger partial charge in [0.1, 0.15) is 5.65 Å². The van der Waals surface area contributed by atoms with Crippen molar-refractivity contribution in [1.29, 1.82) is 0 Å². The maximum atomic E-state index is 12.8. The molecule has 1 aromatic carbocycles. The molecular formula is C20H18Cl2N4O2. The second-order valence-corrected chi connectivity index (χ2v) is 7.66. The Morgan fingerprint density at radius 1 is 1.18 bits per heavy atom. The van der Waals surface area contributed by atoms with E-state index >= 15 is 0 Å². The molecule has 28 heavy (non-hydrogen) atoms. The number of amides is 1. The molecule has 1 aliphatic rings. The van der Waals surface area contributed by atoms with Crippen LogP contribution >= 0.6 is 23.2 Å². The van der Waals surface area contributed by atoms with E-state index in [2.05, 4.69) is 10.3 Å². The molecular weight excluding hydrogens is 399 g/mol. The summed E-state index contributed by atoms with van der Waals surface area (Å²) in [4.78, 5) is 31.7. The molecule has 0 spiro atoms. The molecule has 0 bridgehead atoms. The first kappa shape index (κ1) is 18.9. The number of benzene rings is 1. The minimum absolute atomic E-state index is 0.117. The van der Waals surface area contributed by atoms with Crippen molar-refractivity contribution >= 4 is 40.4 Å². The van der Waals surface area contributed by atoms with Crippen molar-refractivity contribution in [2.75, 3.05) is 11.9 Å². The summed E-state index contributed by atoms with van der Waals surface area (Å²) in [6, 6.07) is 11.6. The van der Waals surface area contributed by atoms with Gasteiger partial charge in [-0.3, -0.25) is 18.9 Å². The van der Waals surface area contributed by atoms with Gasteiger partial charge in [-0.25, -0.2) is 4.98 Å². The lowest BCUT2D eigenvalue weighted by Gasteiger charge is -2.23. The van der Waals surface area contributed by atoms with E-state index in [1.807, 2.05) is 11.0 Å². The molecule has 0 radical (unpaired) electrons. The van der Waals surface area contributed by atoms with E-state index in [1.165, 1.54) is 10.5 Å².